The second-order valence-electron chi connectivity index (χ2n) is 5.94. The van der Waals surface area contributed by atoms with Gasteiger partial charge in [-0.15, -0.1) is 0 Å². The average molecular weight is 479 g/mol. The highest BCUT2D eigenvalue weighted by Gasteiger charge is 2.10. The number of primary sulfonamides is 1. The lowest BCUT2D eigenvalue weighted by Gasteiger charge is -2.09. The van der Waals surface area contributed by atoms with E-state index in [1.807, 2.05) is 0 Å². The van der Waals surface area contributed by atoms with Crippen LogP contribution in [0.1, 0.15) is 17.0 Å². The molecule has 7 heteroatoms. The maximum atomic E-state index is 11.3. The van der Waals surface area contributed by atoms with Gasteiger partial charge in [0, 0.05) is 32.4 Å². The van der Waals surface area contributed by atoms with Crippen LogP contribution >= 0.6 is 22.6 Å². The van der Waals surface area contributed by atoms with E-state index in [-0.39, 0.29) is 4.90 Å². The second kappa shape index (κ2) is 7.34. The summed E-state index contributed by atoms with van der Waals surface area (Å²) in [5.74, 6) is 0. The largest absolute Gasteiger partial charge is 0.318 e. The van der Waals surface area contributed by atoms with E-state index in [4.69, 9.17) is 5.14 Å². The molecule has 0 aliphatic heterocycles. The average Bonchev–Trinajstić information content (AvgIpc) is 2.87. The molecule has 0 radical (unpaired) electrons. The molecule has 1 heterocycles. The van der Waals surface area contributed by atoms with Crippen molar-refractivity contribution >= 4 is 44.5 Å². The Balaban J connectivity index is 1.90. The van der Waals surface area contributed by atoms with Gasteiger partial charge in [-0.1, -0.05) is 0 Å². The molecule has 1 aromatic heterocycles. The van der Waals surface area contributed by atoms with Gasteiger partial charge < -0.3 is 4.57 Å². The summed E-state index contributed by atoms with van der Waals surface area (Å²) in [6.45, 7) is 4.11. The second-order valence-corrected chi connectivity index (χ2v) is 8.74. The van der Waals surface area contributed by atoms with Crippen molar-refractivity contribution < 1.29 is 8.42 Å². The summed E-state index contributed by atoms with van der Waals surface area (Å²) in [7, 11) is -3.69. The molecule has 0 saturated carbocycles. The number of aliphatic imine (C=N–C) groups is 1. The van der Waals surface area contributed by atoms with Crippen LogP contribution in [0.5, 0.6) is 0 Å². The molecule has 134 valence electrons. The third-order valence-corrected chi connectivity index (χ3v) is 5.72. The van der Waals surface area contributed by atoms with E-state index in [0.717, 1.165) is 22.6 Å². The van der Waals surface area contributed by atoms with Crippen LogP contribution in [-0.2, 0) is 10.0 Å². The van der Waals surface area contributed by atoms with E-state index < -0.39 is 10.0 Å². The number of hydrogen-bond donors (Lipinski definition) is 1. The molecule has 5 nitrogen and oxygen atoms in total. The first kappa shape index (κ1) is 18.8. The minimum Gasteiger partial charge on any atom is -0.318 e. The van der Waals surface area contributed by atoms with Crippen LogP contribution in [0.15, 0.2) is 64.5 Å². The fourth-order valence-corrected chi connectivity index (χ4v) is 3.65. The van der Waals surface area contributed by atoms with Crippen molar-refractivity contribution in [2.75, 3.05) is 0 Å². The van der Waals surface area contributed by atoms with Gasteiger partial charge in [0.05, 0.1) is 10.6 Å². The normalized spacial score (nSPS) is 12.0. The number of halogens is 1. The molecular weight excluding hydrogens is 461 g/mol. The topological polar surface area (TPSA) is 77.4 Å². The van der Waals surface area contributed by atoms with Crippen molar-refractivity contribution in [3.8, 4) is 5.69 Å². The number of aryl methyl sites for hydroxylation is 1. The lowest BCUT2D eigenvalue weighted by Crippen LogP contribution is -2.11. The summed E-state index contributed by atoms with van der Waals surface area (Å²) in [5.41, 5.74) is 4.99. The van der Waals surface area contributed by atoms with Crippen LogP contribution in [0.4, 0.5) is 5.69 Å². The third-order valence-electron chi connectivity index (χ3n) is 4.07. The number of sulfonamides is 1. The highest BCUT2D eigenvalue weighted by molar-refractivity contribution is 14.1. The summed E-state index contributed by atoms with van der Waals surface area (Å²) in [5, 5.41) is 5.11. The maximum Gasteiger partial charge on any atom is 0.238 e. The highest BCUT2D eigenvalue weighted by atomic mass is 127. The lowest BCUT2D eigenvalue weighted by atomic mass is 10.2. The molecule has 2 aromatic carbocycles. The number of rotatable bonds is 4. The van der Waals surface area contributed by atoms with Crippen LogP contribution in [0.3, 0.4) is 0 Å². The quantitative estimate of drug-likeness (QED) is 0.452. The Labute approximate surface area is 166 Å². The van der Waals surface area contributed by atoms with Gasteiger partial charge in [0.15, 0.2) is 0 Å². The van der Waals surface area contributed by atoms with Gasteiger partial charge in [0.1, 0.15) is 0 Å². The number of nitrogens with zero attached hydrogens (tertiary/aromatic N) is 2. The molecule has 0 saturated heterocycles. The minimum atomic E-state index is -3.69. The van der Waals surface area contributed by atoms with Crippen molar-refractivity contribution in [1.82, 2.24) is 4.57 Å². The third kappa shape index (κ3) is 4.05. The minimum absolute atomic E-state index is 0.0772. The van der Waals surface area contributed by atoms with Crippen LogP contribution in [0.25, 0.3) is 5.69 Å². The first-order valence-electron chi connectivity index (χ1n) is 7.87. The molecule has 0 fully saturated rings. The Kier molecular flexibility index (Phi) is 5.31. The summed E-state index contributed by atoms with van der Waals surface area (Å²) < 4.78 is 26.0. The molecule has 0 unspecified atom stereocenters. The van der Waals surface area contributed by atoms with Gasteiger partial charge in [-0.05, 0) is 91.0 Å². The summed E-state index contributed by atoms with van der Waals surface area (Å²) >= 11 is 2.29. The summed E-state index contributed by atoms with van der Waals surface area (Å²) in [6.07, 6.45) is 1.79. The fraction of sp³-hybridized carbons (Fsp3) is 0.105. The Hall–Kier alpha value is -1.97. The maximum absolute atomic E-state index is 11.3. The van der Waals surface area contributed by atoms with E-state index in [1.165, 1.54) is 15.7 Å². The van der Waals surface area contributed by atoms with Crippen molar-refractivity contribution in [2.45, 2.75) is 18.7 Å². The predicted molar refractivity (Wildman–Crippen MR) is 113 cm³/mol. The first-order chi connectivity index (χ1) is 12.3. The van der Waals surface area contributed by atoms with Gasteiger partial charge in [-0.3, -0.25) is 4.99 Å². The van der Waals surface area contributed by atoms with Crippen molar-refractivity contribution in [3.05, 3.63) is 75.1 Å². The Morgan fingerprint density at radius 2 is 1.65 bits per heavy atom. The van der Waals surface area contributed by atoms with Crippen LogP contribution in [0.2, 0.25) is 0 Å². The summed E-state index contributed by atoms with van der Waals surface area (Å²) in [4.78, 5) is 4.52. The predicted octanol–water partition coefficient (Wildman–Crippen LogP) is 4.10. The van der Waals surface area contributed by atoms with Crippen molar-refractivity contribution in [1.29, 1.82) is 0 Å². The number of nitrogens with two attached hydrogens (primary N) is 1. The smallest absolute Gasteiger partial charge is 0.238 e. The Bertz CT molecular complexity index is 1070. The zero-order chi connectivity index (χ0) is 18.9. The lowest BCUT2D eigenvalue weighted by molar-refractivity contribution is 0.598. The molecule has 3 aromatic rings. The number of aromatic nitrogens is 1. The van der Waals surface area contributed by atoms with Gasteiger partial charge >= 0.3 is 0 Å². The van der Waals surface area contributed by atoms with E-state index in [1.54, 1.807) is 18.3 Å². The highest BCUT2D eigenvalue weighted by Crippen LogP contribution is 2.22. The van der Waals surface area contributed by atoms with E-state index in [2.05, 4.69) is 76.3 Å². The number of hydrogen-bond acceptors (Lipinski definition) is 3. The van der Waals surface area contributed by atoms with Gasteiger partial charge in [0.25, 0.3) is 0 Å². The Morgan fingerprint density at radius 1 is 1.04 bits per heavy atom. The molecule has 0 aliphatic rings. The first-order valence-corrected chi connectivity index (χ1v) is 10.5. The summed E-state index contributed by atoms with van der Waals surface area (Å²) in [6, 6.07) is 16.6. The van der Waals surface area contributed by atoms with Crippen molar-refractivity contribution in [2.24, 2.45) is 10.1 Å². The number of benzene rings is 2. The molecule has 0 bridgehead atoms. The fourth-order valence-electron chi connectivity index (χ4n) is 2.77. The van der Waals surface area contributed by atoms with E-state index >= 15 is 0 Å². The SMILES string of the molecule is Cc1cc(C=Nc2ccc(S(N)(=O)=O)cc2)c(C)n1-c1ccc(I)cc1. The standard InChI is InChI=1S/C19H18IN3O2S/c1-13-11-15(14(2)23(13)18-7-3-16(20)4-8-18)12-22-17-5-9-19(10-6-17)26(21,24)25/h3-12H,1-2H3,(H2,21,24,25). The molecule has 26 heavy (non-hydrogen) atoms. The van der Waals surface area contributed by atoms with E-state index in [0.29, 0.717) is 5.69 Å². The van der Waals surface area contributed by atoms with Crippen LogP contribution in [0, 0.1) is 17.4 Å². The zero-order valence-electron chi connectivity index (χ0n) is 14.3. The van der Waals surface area contributed by atoms with Crippen LogP contribution in [-0.4, -0.2) is 19.2 Å². The molecule has 0 amide bonds. The molecule has 0 aliphatic carbocycles. The monoisotopic (exact) mass is 479 g/mol. The molecule has 0 spiro atoms. The Morgan fingerprint density at radius 3 is 2.23 bits per heavy atom. The molecular formula is C19H18IN3O2S. The van der Waals surface area contributed by atoms with Crippen LogP contribution < -0.4 is 5.14 Å². The molecule has 2 N–H and O–H groups in total. The molecule has 0 atom stereocenters. The van der Waals surface area contributed by atoms with E-state index in [9.17, 15) is 8.42 Å². The van der Waals surface area contributed by atoms with Gasteiger partial charge in [-0.2, -0.15) is 0 Å². The molecule has 3 rings (SSSR count). The van der Waals surface area contributed by atoms with Gasteiger partial charge in [-0.25, -0.2) is 13.6 Å². The zero-order valence-corrected chi connectivity index (χ0v) is 17.3. The van der Waals surface area contributed by atoms with Gasteiger partial charge in [0.2, 0.25) is 10.0 Å². The van der Waals surface area contributed by atoms with Crippen molar-refractivity contribution in [3.63, 3.8) is 0 Å².